The molecule has 96 valence electrons. The Labute approximate surface area is 105 Å². The van der Waals surface area contributed by atoms with E-state index in [1.165, 1.54) is 10.9 Å². The molecule has 1 aromatic heterocycles. The lowest BCUT2D eigenvalue weighted by molar-refractivity contribution is -0.150. The highest BCUT2D eigenvalue weighted by molar-refractivity contribution is 5.69. The summed E-state index contributed by atoms with van der Waals surface area (Å²) in [5.41, 5.74) is -0.341. The molecule has 0 radical (unpaired) electrons. The number of esters is 1. The van der Waals surface area contributed by atoms with Gasteiger partial charge in [-0.05, 0) is 18.8 Å². The number of ether oxygens (including phenoxy) is 1. The van der Waals surface area contributed by atoms with Crippen LogP contribution in [-0.4, -0.2) is 26.4 Å². The molecule has 1 aliphatic rings. The van der Waals surface area contributed by atoms with Gasteiger partial charge < -0.3 is 4.74 Å². The number of hydrogen-bond acceptors (Lipinski definition) is 4. The van der Waals surface area contributed by atoms with Gasteiger partial charge in [0.15, 0.2) is 0 Å². The van der Waals surface area contributed by atoms with Gasteiger partial charge in [-0.1, -0.05) is 0 Å². The molecule has 1 aromatic rings. The smallest absolute Gasteiger partial charge is 0.345 e. The highest BCUT2D eigenvalue weighted by Gasteiger charge is 2.33. The summed E-state index contributed by atoms with van der Waals surface area (Å²) in [7, 11) is 1.57. The van der Waals surface area contributed by atoms with Crippen LogP contribution in [0, 0.1) is 18.3 Å². The van der Waals surface area contributed by atoms with Gasteiger partial charge in [0.2, 0.25) is 0 Å². The fourth-order valence-electron chi connectivity index (χ4n) is 1.75. The molecule has 6 nitrogen and oxygen atoms in total. The van der Waals surface area contributed by atoms with Crippen LogP contribution in [0.4, 0.5) is 0 Å². The number of carbonyl (C=O) groups is 1. The average Bonchev–Trinajstić information content (AvgIpc) is 3.12. The van der Waals surface area contributed by atoms with E-state index in [0.717, 1.165) is 17.5 Å². The van der Waals surface area contributed by atoms with E-state index in [1.807, 2.05) is 0 Å². The van der Waals surface area contributed by atoms with Crippen molar-refractivity contribution in [3.63, 3.8) is 0 Å². The number of nitrogens with zero attached hydrogens (tertiary/aromatic N) is 3. The Bertz CT molecular complexity index is 533. The van der Waals surface area contributed by atoms with Crippen molar-refractivity contribution >= 4 is 5.97 Å². The zero-order valence-electron chi connectivity index (χ0n) is 10.2. The summed E-state index contributed by atoms with van der Waals surface area (Å²) in [6.07, 6.45) is 8.89. The Kier molecular flexibility index (Phi) is 3.51. The van der Waals surface area contributed by atoms with Gasteiger partial charge in [-0.2, -0.15) is 5.10 Å². The second kappa shape index (κ2) is 5.08. The van der Waals surface area contributed by atoms with Crippen molar-refractivity contribution in [1.82, 2.24) is 14.3 Å². The molecule has 1 atom stereocenters. The Morgan fingerprint density at radius 3 is 2.94 bits per heavy atom. The van der Waals surface area contributed by atoms with Crippen molar-refractivity contribution in [2.24, 2.45) is 13.0 Å². The Morgan fingerprint density at radius 1 is 1.72 bits per heavy atom. The van der Waals surface area contributed by atoms with Crippen LogP contribution in [0.1, 0.15) is 19.3 Å². The predicted octanol–water partition coefficient (Wildman–Crippen LogP) is -0.0731. The minimum Gasteiger partial charge on any atom is -0.460 e. The third-order valence-corrected chi connectivity index (χ3v) is 2.92. The van der Waals surface area contributed by atoms with Gasteiger partial charge in [0.25, 0.3) is 0 Å². The van der Waals surface area contributed by atoms with Crippen molar-refractivity contribution in [1.29, 1.82) is 0 Å². The molecule has 1 saturated carbocycles. The quantitative estimate of drug-likeness (QED) is 0.541. The lowest BCUT2D eigenvalue weighted by atomic mass is 10.2. The molecule has 0 aliphatic heterocycles. The van der Waals surface area contributed by atoms with E-state index in [2.05, 4.69) is 11.0 Å². The first-order valence-corrected chi connectivity index (χ1v) is 5.83. The van der Waals surface area contributed by atoms with Crippen LogP contribution in [0.2, 0.25) is 0 Å². The summed E-state index contributed by atoms with van der Waals surface area (Å²) >= 11 is 0. The van der Waals surface area contributed by atoms with Crippen LogP contribution in [-0.2, 0) is 23.1 Å². The number of aromatic nitrogens is 3. The molecule has 0 N–H and O–H groups in total. The minimum absolute atomic E-state index is 0.173. The molecule has 0 aromatic carbocycles. The second-order valence-electron chi connectivity index (χ2n) is 4.46. The maximum absolute atomic E-state index is 11.7. The molecule has 1 fully saturated rings. The minimum atomic E-state index is -0.469. The van der Waals surface area contributed by atoms with E-state index in [-0.39, 0.29) is 18.3 Å². The first-order chi connectivity index (χ1) is 8.61. The van der Waals surface area contributed by atoms with E-state index in [9.17, 15) is 9.59 Å². The monoisotopic (exact) mass is 249 g/mol. The van der Waals surface area contributed by atoms with Crippen LogP contribution >= 0.6 is 0 Å². The first-order valence-electron chi connectivity index (χ1n) is 5.83. The summed E-state index contributed by atoms with van der Waals surface area (Å²) in [5, 5.41) is 3.80. The van der Waals surface area contributed by atoms with Crippen molar-refractivity contribution in [2.75, 3.05) is 0 Å². The molecular weight excluding hydrogens is 234 g/mol. The van der Waals surface area contributed by atoms with Crippen LogP contribution in [0.5, 0.6) is 0 Å². The predicted molar refractivity (Wildman–Crippen MR) is 63.5 cm³/mol. The standard InChI is InChI=1S/C12H15N3O3/c1-3-4-10(9-5-6-9)18-11(16)7-15-12(17)14(2)8-13-15/h1,8-10H,4-7H2,2H3. The molecule has 0 amide bonds. The normalized spacial score (nSPS) is 16.0. The van der Waals surface area contributed by atoms with Gasteiger partial charge in [0.05, 0.1) is 0 Å². The zero-order chi connectivity index (χ0) is 13.1. The van der Waals surface area contributed by atoms with Gasteiger partial charge in [-0.25, -0.2) is 9.48 Å². The van der Waals surface area contributed by atoms with Crippen LogP contribution in [0.25, 0.3) is 0 Å². The van der Waals surface area contributed by atoms with Gasteiger partial charge >= 0.3 is 11.7 Å². The van der Waals surface area contributed by atoms with E-state index >= 15 is 0 Å². The average molecular weight is 249 g/mol. The third kappa shape index (κ3) is 2.80. The molecule has 18 heavy (non-hydrogen) atoms. The van der Waals surface area contributed by atoms with E-state index in [0.29, 0.717) is 12.3 Å². The van der Waals surface area contributed by atoms with Crippen molar-refractivity contribution in [3.05, 3.63) is 16.8 Å². The summed E-state index contributed by atoms with van der Waals surface area (Å²) in [5.74, 6) is 2.42. The van der Waals surface area contributed by atoms with Gasteiger partial charge in [0.1, 0.15) is 19.0 Å². The fourth-order valence-corrected chi connectivity index (χ4v) is 1.75. The van der Waals surface area contributed by atoms with E-state index < -0.39 is 5.97 Å². The highest BCUT2D eigenvalue weighted by Crippen LogP contribution is 2.35. The lowest BCUT2D eigenvalue weighted by Gasteiger charge is -2.14. The largest absolute Gasteiger partial charge is 0.460 e. The fraction of sp³-hybridized carbons (Fsp3) is 0.583. The first kappa shape index (κ1) is 12.4. The van der Waals surface area contributed by atoms with Gasteiger partial charge in [-0.3, -0.25) is 9.36 Å². The number of hydrogen-bond donors (Lipinski definition) is 0. The summed E-state index contributed by atoms with van der Waals surface area (Å²) in [6, 6.07) is 0. The third-order valence-electron chi connectivity index (χ3n) is 2.92. The topological polar surface area (TPSA) is 66.1 Å². The maximum Gasteiger partial charge on any atom is 0.345 e. The summed E-state index contributed by atoms with van der Waals surface area (Å²) in [6.45, 7) is -0.173. The molecule has 0 spiro atoms. The highest BCUT2D eigenvalue weighted by atomic mass is 16.5. The second-order valence-corrected chi connectivity index (χ2v) is 4.46. The molecule has 1 unspecified atom stereocenters. The van der Waals surface area contributed by atoms with Gasteiger partial charge in [0, 0.05) is 13.5 Å². The number of aryl methyl sites for hydroxylation is 1. The van der Waals surface area contributed by atoms with Crippen LogP contribution in [0.15, 0.2) is 11.1 Å². The molecule has 2 rings (SSSR count). The van der Waals surface area contributed by atoms with Crippen molar-refractivity contribution in [3.8, 4) is 12.3 Å². The van der Waals surface area contributed by atoms with Crippen molar-refractivity contribution < 1.29 is 9.53 Å². The molecule has 1 heterocycles. The number of rotatable bonds is 5. The number of terminal acetylenes is 1. The SMILES string of the molecule is C#CCC(OC(=O)Cn1ncn(C)c1=O)C1CC1. The molecular formula is C12H15N3O3. The summed E-state index contributed by atoms with van der Waals surface area (Å²) in [4.78, 5) is 23.2. The van der Waals surface area contributed by atoms with Crippen LogP contribution < -0.4 is 5.69 Å². The molecule has 0 saturated heterocycles. The zero-order valence-corrected chi connectivity index (χ0v) is 10.2. The summed E-state index contributed by atoms with van der Waals surface area (Å²) < 4.78 is 7.66. The van der Waals surface area contributed by atoms with Crippen LogP contribution in [0.3, 0.4) is 0 Å². The Balaban J connectivity index is 1.94. The number of carbonyl (C=O) groups excluding carboxylic acids is 1. The molecule has 0 bridgehead atoms. The van der Waals surface area contributed by atoms with E-state index in [1.54, 1.807) is 7.05 Å². The van der Waals surface area contributed by atoms with E-state index in [4.69, 9.17) is 11.2 Å². The lowest BCUT2D eigenvalue weighted by Crippen LogP contribution is -2.29. The van der Waals surface area contributed by atoms with Crippen molar-refractivity contribution in [2.45, 2.75) is 31.9 Å². The Hall–Kier alpha value is -2.03. The molecule has 6 heteroatoms. The Morgan fingerprint density at radius 2 is 2.44 bits per heavy atom. The maximum atomic E-state index is 11.7. The van der Waals surface area contributed by atoms with Gasteiger partial charge in [-0.15, -0.1) is 12.3 Å². The molecule has 1 aliphatic carbocycles.